The van der Waals surface area contributed by atoms with Crippen molar-refractivity contribution >= 4 is 6.03 Å². The van der Waals surface area contributed by atoms with Gasteiger partial charge in [-0.1, -0.05) is 36.4 Å². The first-order valence-corrected chi connectivity index (χ1v) is 7.24. The zero-order chi connectivity index (χ0) is 14.8. The maximum absolute atomic E-state index is 12.2. The van der Waals surface area contributed by atoms with Crippen LogP contribution < -0.4 is 0 Å². The fraction of sp³-hybridized carbons (Fsp3) is 0.438. The fourth-order valence-corrected chi connectivity index (χ4v) is 2.34. The van der Waals surface area contributed by atoms with E-state index in [1.165, 1.54) is 5.06 Å². The highest BCUT2D eigenvalue weighted by atomic mass is 16.8. The van der Waals surface area contributed by atoms with Gasteiger partial charge in [-0.15, -0.1) is 0 Å². The van der Waals surface area contributed by atoms with Crippen LogP contribution in [-0.2, 0) is 9.57 Å². The summed E-state index contributed by atoms with van der Waals surface area (Å²) in [6.07, 6.45) is 1.72. The molecular weight excluding hydrogens is 268 g/mol. The molecule has 2 heterocycles. The number of carbonyl (C=O) groups excluding carboxylic acids is 1. The Labute approximate surface area is 124 Å². The molecule has 2 amide bonds. The number of amides is 2. The number of hydroxylamine groups is 2. The lowest BCUT2D eigenvalue weighted by Crippen LogP contribution is -2.53. The predicted octanol–water partition coefficient (Wildman–Crippen LogP) is 2.92. The van der Waals surface area contributed by atoms with Crippen molar-refractivity contribution in [2.24, 2.45) is 5.92 Å². The van der Waals surface area contributed by atoms with Gasteiger partial charge >= 0.3 is 6.03 Å². The lowest BCUT2D eigenvalue weighted by atomic mass is 10.0. The molecule has 5 heteroatoms. The highest BCUT2D eigenvalue weighted by Crippen LogP contribution is 2.38. The number of nitrogens with zero attached hydrogens (tertiary/aromatic N) is 2. The molecular formula is C16H20N2O3. The van der Waals surface area contributed by atoms with Crippen molar-refractivity contribution in [1.82, 2.24) is 9.96 Å². The number of ether oxygens (including phenoxy) is 1. The summed E-state index contributed by atoms with van der Waals surface area (Å²) >= 11 is 0. The van der Waals surface area contributed by atoms with E-state index in [0.717, 1.165) is 24.4 Å². The summed E-state index contributed by atoms with van der Waals surface area (Å²) in [6.45, 7) is 6.03. The molecule has 0 aliphatic carbocycles. The third-order valence-electron chi connectivity index (χ3n) is 3.83. The largest absolute Gasteiger partial charge is 0.498 e. The molecule has 0 aromatic heterocycles. The third-order valence-corrected chi connectivity index (χ3v) is 3.83. The number of rotatable bonds is 4. The third kappa shape index (κ3) is 3.03. The van der Waals surface area contributed by atoms with E-state index in [1.54, 1.807) is 4.90 Å². The van der Waals surface area contributed by atoms with Crippen molar-refractivity contribution in [3.8, 4) is 0 Å². The molecule has 1 aromatic carbocycles. The molecule has 2 aliphatic rings. The van der Waals surface area contributed by atoms with Gasteiger partial charge in [-0.3, -0.25) is 0 Å². The molecule has 2 aliphatic heterocycles. The van der Waals surface area contributed by atoms with Gasteiger partial charge in [0.2, 0.25) is 6.23 Å². The molecule has 0 saturated carbocycles. The average molecular weight is 288 g/mol. The molecule has 0 radical (unpaired) electrons. The van der Waals surface area contributed by atoms with E-state index in [9.17, 15) is 4.79 Å². The summed E-state index contributed by atoms with van der Waals surface area (Å²) in [5.41, 5.74) is 1.01. The smallest absolute Gasteiger partial charge is 0.346 e. The SMILES string of the molecule is C/C=C(\C)OCC1CN(C(=O)N2OC2c2ccccc2)C1. The van der Waals surface area contributed by atoms with Crippen LogP contribution in [0.4, 0.5) is 4.79 Å². The van der Waals surface area contributed by atoms with E-state index in [2.05, 4.69) is 0 Å². The minimum atomic E-state index is -0.223. The van der Waals surface area contributed by atoms with Crippen LogP contribution in [0.3, 0.4) is 0 Å². The predicted molar refractivity (Wildman–Crippen MR) is 77.9 cm³/mol. The van der Waals surface area contributed by atoms with E-state index < -0.39 is 0 Å². The molecule has 2 fully saturated rings. The maximum Gasteiger partial charge on any atom is 0.346 e. The molecule has 5 nitrogen and oxygen atoms in total. The number of urea groups is 1. The van der Waals surface area contributed by atoms with Crippen LogP contribution in [0.15, 0.2) is 42.2 Å². The summed E-state index contributed by atoms with van der Waals surface area (Å²) in [5.74, 6) is 1.34. The number of benzene rings is 1. The van der Waals surface area contributed by atoms with Crippen molar-refractivity contribution in [3.63, 3.8) is 0 Å². The second-order valence-electron chi connectivity index (χ2n) is 5.46. The van der Waals surface area contributed by atoms with Crippen LogP contribution >= 0.6 is 0 Å². The van der Waals surface area contributed by atoms with E-state index in [-0.39, 0.29) is 12.3 Å². The Balaban J connectivity index is 1.43. The van der Waals surface area contributed by atoms with E-state index in [4.69, 9.17) is 9.57 Å². The molecule has 112 valence electrons. The van der Waals surface area contributed by atoms with Crippen LogP contribution in [0.2, 0.25) is 0 Å². The van der Waals surface area contributed by atoms with E-state index in [0.29, 0.717) is 12.5 Å². The van der Waals surface area contributed by atoms with Gasteiger partial charge in [-0.25, -0.2) is 9.63 Å². The minimum Gasteiger partial charge on any atom is -0.498 e. The highest BCUT2D eigenvalue weighted by molar-refractivity contribution is 5.76. The minimum absolute atomic E-state index is 0.0529. The summed E-state index contributed by atoms with van der Waals surface area (Å²) in [4.78, 5) is 19.4. The van der Waals surface area contributed by atoms with Gasteiger partial charge in [-0.05, 0) is 13.8 Å². The normalized spacial score (nSPS) is 22.0. The Morgan fingerprint density at radius 1 is 1.38 bits per heavy atom. The molecule has 21 heavy (non-hydrogen) atoms. The Bertz CT molecular complexity index is 538. The topological polar surface area (TPSA) is 45.1 Å². The second-order valence-corrected chi connectivity index (χ2v) is 5.46. The number of allylic oxidation sites excluding steroid dienone is 2. The van der Waals surface area contributed by atoms with Crippen molar-refractivity contribution in [3.05, 3.63) is 47.7 Å². The lowest BCUT2D eigenvalue weighted by molar-refractivity contribution is 0.0441. The Kier molecular flexibility index (Phi) is 3.84. The van der Waals surface area contributed by atoms with E-state index >= 15 is 0 Å². The molecule has 1 aromatic rings. The fourth-order valence-electron chi connectivity index (χ4n) is 2.34. The zero-order valence-electron chi connectivity index (χ0n) is 12.4. The first kappa shape index (κ1) is 13.9. The van der Waals surface area contributed by atoms with Crippen LogP contribution in [-0.4, -0.2) is 35.7 Å². The van der Waals surface area contributed by atoms with Crippen molar-refractivity contribution in [1.29, 1.82) is 0 Å². The molecule has 0 spiro atoms. The molecule has 0 N–H and O–H groups in total. The van der Waals surface area contributed by atoms with Gasteiger partial charge in [0.1, 0.15) is 0 Å². The summed E-state index contributed by atoms with van der Waals surface area (Å²) in [6, 6.07) is 9.71. The average Bonchev–Trinajstić information content (AvgIpc) is 3.26. The first-order chi connectivity index (χ1) is 10.2. The highest BCUT2D eigenvalue weighted by Gasteiger charge is 2.47. The Morgan fingerprint density at radius 2 is 2.10 bits per heavy atom. The van der Waals surface area contributed by atoms with Gasteiger partial charge in [0.25, 0.3) is 0 Å². The van der Waals surface area contributed by atoms with Gasteiger partial charge in [0, 0.05) is 24.6 Å². The second kappa shape index (κ2) is 5.77. The monoisotopic (exact) mass is 288 g/mol. The molecule has 3 rings (SSSR count). The summed E-state index contributed by atoms with van der Waals surface area (Å²) in [7, 11) is 0. The number of likely N-dealkylation sites (tertiary alicyclic amines) is 1. The summed E-state index contributed by atoms with van der Waals surface area (Å²) in [5, 5.41) is 1.43. The van der Waals surface area contributed by atoms with Crippen LogP contribution in [0.1, 0.15) is 25.6 Å². The van der Waals surface area contributed by atoms with Gasteiger partial charge in [-0.2, -0.15) is 5.06 Å². The van der Waals surface area contributed by atoms with Gasteiger partial charge < -0.3 is 9.64 Å². The molecule has 2 saturated heterocycles. The number of hydrogen-bond acceptors (Lipinski definition) is 3. The first-order valence-electron chi connectivity index (χ1n) is 7.24. The van der Waals surface area contributed by atoms with Crippen LogP contribution in [0, 0.1) is 5.92 Å². The van der Waals surface area contributed by atoms with Crippen LogP contribution in [0.25, 0.3) is 0 Å². The van der Waals surface area contributed by atoms with Crippen LogP contribution in [0.5, 0.6) is 0 Å². The number of hydrogen-bond donors (Lipinski definition) is 0. The van der Waals surface area contributed by atoms with Gasteiger partial charge in [0.05, 0.1) is 12.4 Å². The molecule has 0 bridgehead atoms. The van der Waals surface area contributed by atoms with E-state index in [1.807, 2.05) is 50.3 Å². The zero-order valence-corrected chi connectivity index (χ0v) is 12.4. The van der Waals surface area contributed by atoms with Crippen molar-refractivity contribution in [2.75, 3.05) is 19.7 Å². The molecule has 1 unspecified atom stereocenters. The molecule has 1 atom stereocenters. The lowest BCUT2D eigenvalue weighted by Gasteiger charge is -2.38. The Morgan fingerprint density at radius 3 is 2.76 bits per heavy atom. The maximum atomic E-state index is 12.2. The summed E-state index contributed by atoms with van der Waals surface area (Å²) < 4.78 is 5.57. The standard InChI is InChI=1S/C16H20N2O3/c1-3-12(2)20-11-13-9-17(10-13)16(19)18-15(21-18)14-7-5-4-6-8-14/h3-8,13,15H,9-11H2,1-2H3/b12-3+. The van der Waals surface area contributed by atoms with Crippen molar-refractivity contribution in [2.45, 2.75) is 20.1 Å². The number of carbonyl (C=O) groups is 1. The quantitative estimate of drug-likeness (QED) is 0.632. The Hall–Kier alpha value is -2.01. The van der Waals surface area contributed by atoms with Gasteiger partial charge in [0.15, 0.2) is 0 Å². The van der Waals surface area contributed by atoms with Crippen molar-refractivity contribution < 1.29 is 14.4 Å².